The number of ketones is 1. The molecule has 0 saturated carbocycles. The number of rotatable bonds is 6. The van der Waals surface area contributed by atoms with Crippen LogP contribution in [-0.4, -0.2) is 20.8 Å². The Balaban J connectivity index is 1.84. The van der Waals surface area contributed by atoms with E-state index in [-0.39, 0.29) is 11.5 Å². The van der Waals surface area contributed by atoms with E-state index >= 15 is 0 Å². The Morgan fingerprint density at radius 2 is 1.93 bits per heavy atom. The predicted molar refractivity (Wildman–Crippen MR) is 102 cm³/mol. The molecule has 2 heterocycles. The third-order valence-corrected chi connectivity index (χ3v) is 4.71. The Bertz CT molecular complexity index is 1090. The second kappa shape index (κ2) is 8.05. The lowest BCUT2D eigenvalue weighted by molar-refractivity contribution is -0.116. The van der Waals surface area contributed by atoms with Crippen molar-refractivity contribution in [3.05, 3.63) is 61.9 Å². The molecule has 8 nitrogen and oxygen atoms in total. The van der Waals surface area contributed by atoms with Gasteiger partial charge >= 0.3 is 5.69 Å². The van der Waals surface area contributed by atoms with Crippen LogP contribution < -0.4 is 16.6 Å². The number of Topliss-reactive ketones (excluding diaryl/α,β-unsaturated/α-hetero) is 1. The highest BCUT2D eigenvalue weighted by Crippen LogP contribution is 2.14. The molecule has 8 heteroatoms. The van der Waals surface area contributed by atoms with Crippen molar-refractivity contribution < 1.29 is 9.59 Å². The summed E-state index contributed by atoms with van der Waals surface area (Å²) < 4.78 is 2.23. The topological polar surface area (TPSA) is 114 Å². The predicted octanol–water partition coefficient (Wildman–Crippen LogP) is 1.45. The average Bonchev–Trinajstić information content (AvgIpc) is 3.16. The van der Waals surface area contributed by atoms with E-state index in [1.807, 2.05) is 13.0 Å². The van der Waals surface area contributed by atoms with Crippen molar-refractivity contribution in [1.29, 1.82) is 5.26 Å². The zero-order valence-corrected chi connectivity index (χ0v) is 15.5. The molecule has 0 atom stereocenters. The Morgan fingerprint density at radius 1 is 1.21 bits per heavy atom. The number of benzene rings is 1. The summed E-state index contributed by atoms with van der Waals surface area (Å²) in [6, 6.07) is 8.13. The van der Waals surface area contributed by atoms with Crippen LogP contribution in [0.1, 0.15) is 47.8 Å². The number of aromatic nitrogens is 2. The molecular weight excluding hydrogens is 360 g/mol. The van der Waals surface area contributed by atoms with Crippen molar-refractivity contribution >= 4 is 17.4 Å². The van der Waals surface area contributed by atoms with Gasteiger partial charge in [-0.25, -0.2) is 4.79 Å². The van der Waals surface area contributed by atoms with Crippen molar-refractivity contribution in [2.75, 3.05) is 5.32 Å². The molecule has 1 aliphatic rings. The molecule has 1 amide bonds. The van der Waals surface area contributed by atoms with E-state index in [1.54, 1.807) is 12.1 Å². The Morgan fingerprint density at radius 3 is 2.57 bits per heavy atom. The number of carbonyl (C=O) groups excluding carboxylic acids is 2. The normalized spacial score (nSPS) is 12.3. The Labute approximate surface area is 161 Å². The fourth-order valence-corrected chi connectivity index (χ4v) is 3.31. The number of anilines is 1. The molecule has 0 fully saturated rings. The van der Waals surface area contributed by atoms with Gasteiger partial charge in [-0.05, 0) is 43.5 Å². The maximum Gasteiger partial charge on any atom is 0.331 e. The number of carbonyl (C=O) groups is 2. The molecule has 0 aliphatic carbocycles. The van der Waals surface area contributed by atoms with E-state index in [2.05, 4.69) is 5.32 Å². The van der Waals surface area contributed by atoms with Gasteiger partial charge in [0.05, 0.1) is 6.54 Å². The fraction of sp³-hybridized carbons (Fsp3) is 0.350. The van der Waals surface area contributed by atoms with Crippen LogP contribution in [0.15, 0.2) is 33.9 Å². The van der Waals surface area contributed by atoms with Crippen molar-refractivity contribution in [2.45, 2.75) is 45.7 Å². The highest BCUT2D eigenvalue weighted by Gasteiger charge is 2.23. The van der Waals surface area contributed by atoms with Crippen molar-refractivity contribution in [1.82, 2.24) is 9.13 Å². The monoisotopic (exact) mass is 380 g/mol. The number of nitriles is 1. The zero-order valence-electron chi connectivity index (χ0n) is 15.5. The smallest absolute Gasteiger partial charge is 0.326 e. The minimum Gasteiger partial charge on any atom is -0.326 e. The maximum absolute atomic E-state index is 12.6. The molecule has 1 aromatic heterocycles. The van der Waals surface area contributed by atoms with Crippen molar-refractivity contribution in [2.24, 2.45) is 0 Å². The second-order valence-corrected chi connectivity index (χ2v) is 6.66. The second-order valence-electron chi connectivity index (χ2n) is 6.66. The summed E-state index contributed by atoms with van der Waals surface area (Å²) in [6.45, 7) is 1.90. The van der Waals surface area contributed by atoms with Crippen LogP contribution in [0.25, 0.3) is 0 Å². The van der Waals surface area contributed by atoms with Gasteiger partial charge in [0.15, 0.2) is 5.78 Å². The molecule has 144 valence electrons. The van der Waals surface area contributed by atoms with Gasteiger partial charge < -0.3 is 5.32 Å². The first-order chi connectivity index (χ1) is 13.5. The largest absolute Gasteiger partial charge is 0.331 e. The van der Waals surface area contributed by atoms with Gasteiger partial charge in [-0.1, -0.05) is 6.92 Å². The van der Waals surface area contributed by atoms with E-state index < -0.39 is 23.6 Å². The number of nitrogens with one attached hydrogen (secondary N) is 1. The fourth-order valence-electron chi connectivity index (χ4n) is 3.31. The standard InChI is InChI=1S/C20H20N4O4/c1-2-4-18(26)22-14-8-6-13(7-9-14)17(25)12-24-19(27)15(11-21)16-5-3-10-23(16)20(24)28/h6-9H,2-5,10,12H2,1H3,(H,22,26). The number of nitrogens with zero attached hydrogens (tertiary/aromatic N) is 3. The number of fused-ring (bicyclic) bond motifs is 1. The lowest BCUT2D eigenvalue weighted by Gasteiger charge is -2.11. The summed E-state index contributed by atoms with van der Waals surface area (Å²) in [5.74, 6) is -0.531. The summed E-state index contributed by atoms with van der Waals surface area (Å²) in [5.41, 5.74) is -0.0293. The zero-order chi connectivity index (χ0) is 20.3. The third kappa shape index (κ3) is 3.64. The first kappa shape index (κ1) is 19.3. The van der Waals surface area contributed by atoms with E-state index in [9.17, 15) is 24.4 Å². The molecule has 0 spiro atoms. The molecule has 2 aromatic rings. The van der Waals surface area contributed by atoms with Gasteiger partial charge in [-0.3, -0.25) is 23.5 Å². The van der Waals surface area contributed by atoms with Gasteiger partial charge in [0.1, 0.15) is 11.6 Å². The maximum atomic E-state index is 12.6. The number of amides is 1. The van der Waals surface area contributed by atoms with Gasteiger partial charge in [0.25, 0.3) is 5.56 Å². The highest BCUT2D eigenvalue weighted by molar-refractivity contribution is 5.97. The molecule has 1 aromatic carbocycles. The van der Waals surface area contributed by atoms with Crippen LogP contribution in [0.5, 0.6) is 0 Å². The van der Waals surface area contributed by atoms with Crippen molar-refractivity contribution in [3.63, 3.8) is 0 Å². The summed E-state index contributed by atoms with van der Waals surface area (Å²) in [7, 11) is 0. The van der Waals surface area contributed by atoms with Crippen LogP contribution >= 0.6 is 0 Å². The molecule has 0 unspecified atom stereocenters. The first-order valence-electron chi connectivity index (χ1n) is 9.16. The Kier molecular flexibility index (Phi) is 5.54. The molecular formula is C20H20N4O4. The van der Waals surface area contributed by atoms with E-state index in [1.165, 1.54) is 16.7 Å². The Hall–Kier alpha value is -3.47. The summed E-state index contributed by atoms with van der Waals surface area (Å²) in [5, 5.41) is 12.0. The van der Waals surface area contributed by atoms with E-state index in [4.69, 9.17) is 0 Å². The summed E-state index contributed by atoms with van der Waals surface area (Å²) in [4.78, 5) is 49.3. The van der Waals surface area contributed by atoms with Crippen LogP contribution in [0, 0.1) is 11.3 Å². The lowest BCUT2D eigenvalue weighted by atomic mass is 10.1. The molecule has 28 heavy (non-hydrogen) atoms. The summed E-state index contributed by atoms with van der Waals surface area (Å²) >= 11 is 0. The molecule has 0 radical (unpaired) electrons. The first-order valence-corrected chi connectivity index (χ1v) is 9.16. The molecule has 0 bridgehead atoms. The minimum absolute atomic E-state index is 0.0705. The van der Waals surface area contributed by atoms with Crippen LogP contribution in [-0.2, 0) is 24.3 Å². The van der Waals surface area contributed by atoms with Crippen molar-refractivity contribution in [3.8, 4) is 6.07 Å². The van der Waals surface area contributed by atoms with Gasteiger partial charge in [0, 0.05) is 29.9 Å². The third-order valence-electron chi connectivity index (χ3n) is 4.71. The highest BCUT2D eigenvalue weighted by atomic mass is 16.2. The molecule has 0 saturated heterocycles. The molecule has 1 aliphatic heterocycles. The average molecular weight is 380 g/mol. The molecule has 3 rings (SSSR count). The quantitative estimate of drug-likeness (QED) is 0.762. The van der Waals surface area contributed by atoms with Gasteiger partial charge in [-0.2, -0.15) is 5.26 Å². The van der Waals surface area contributed by atoms with Crippen LogP contribution in [0.2, 0.25) is 0 Å². The minimum atomic E-state index is -0.725. The number of hydrogen-bond donors (Lipinski definition) is 1. The van der Waals surface area contributed by atoms with E-state index in [0.29, 0.717) is 42.8 Å². The van der Waals surface area contributed by atoms with E-state index in [0.717, 1.165) is 11.0 Å². The number of hydrogen-bond acceptors (Lipinski definition) is 5. The van der Waals surface area contributed by atoms with Gasteiger partial charge in [-0.15, -0.1) is 0 Å². The SMILES string of the molecule is CCCC(=O)Nc1ccc(C(=O)Cn2c(=O)c(C#N)c3n(c2=O)CCC3)cc1. The van der Waals surface area contributed by atoms with Crippen LogP contribution in [0.3, 0.4) is 0 Å². The van der Waals surface area contributed by atoms with Gasteiger partial charge in [0.2, 0.25) is 5.91 Å². The summed E-state index contributed by atoms with van der Waals surface area (Å²) in [6.07, 6.45) is 2.34. The van der Waals surface area contributed by atoms with Crippen LogP contribution in [0.4, 0.5) is 5.69 Å². The molecule has 1 N–H and O–H groups in total. The lowest BCUT2D eigenvalue weighted by Crippen LogP contribution is -2.43.